The summed E-state index contributed by atoms with van der Waals surface area (Å²) in [7, 11) is 8.07. The predicted molar refractivity (Wildman–Crippen MR) is 172 cm³/mol. The van der Waals surface area contributed by atoms with Crippen LogP contribution >= 0.6 is 11.6 Å². The Morgan fingerprint density at radius 3 is 2.59 bits per heavy atom. The second-order valence-electron chi connectivity index (χ2n) is 12.9. The first-order chi connectivity index (χ1) is 21.5. The lowest BCUT2D eigenvalue weighted by Crippen LogP contribution is -2.63. The molecular weight excluding hydrogens is 618 g/mol. The summed E-state index contributed by atoms with van der Waals surface area (Å²) < 4.78 is 29.0. The summed E-state index contributed by atoms with van der Waals surface area (Å²) in [5.41, 5.74) is -0.642. The Hall–Kier alpha value is -3.16. The van der Waals surface area contributed by atoms with Crippen LogP contribution in [0.1, 0.15) is 46.1 Å². The number of amides is 2. The first-order valence-electron chi connectivity index (χ1n) is 15.3. The average molecular weight is 664 g/mol. The smallest absolute Gasteiger partial charge is 0.409 e. The largest absolute Gasteiger partial charge is 0.495 e. The van der Waals surface area contributed by atoms with E-state index >= 15 is 0 Å². The summed E-state index contributed by atoms with van der Waals surface area (Å²) in [4.78, 5) is 43.0. The van der Waals surface area contributed by atoms with Gasteiger partial charge in [-0.05, 0) is 59.0 Å². The van der Waals surface area contributed by atoms with Gasteiger partial charge in [0, 0.05) is 26.5 Å². The normalized spacial score (nSPS) is 34.4. The summed E-state index contributed by atoms with van der Waals surface area (Å²) in [5.74, 6) is -0.933. The number of ether oxygens (including phenoxy) is 5. The molecule has 1 aromatic carbocycles. The fraction of sp³-hybridized carbons (Fsp3) is 0.606. The number of methoxy groups -OCH3 is 2. The molecule has 0 aromatic heterocycles. The molecule has 0 saturated carbocycles. The minimum Gasteiger partial charge on any atom is -0.495 e. The molecule has 4 bridgehead atoms. The minimum absolute atomic E-state index is 0.00466. The van der Waals surface area contributed by atoms with Gasteiger partial charge >= 0.3 is 12.1 Å². The fourth-order valence-corrected chi connectivity index (χ4v) is 6.37. The van der Waals surface area contributed by atoms with Crippen LogP contribution in [-0.4, -0.2) is 105 Å². The number of aliphatic hydroxyl groups is 1. The highest BCUT2D eigenvalue weighted by Gasteiger charge is 2.64. The molecule has 3 aliphatic rings. The summed E-state index contributed by atoms with van der Waals surface area (Å²) in [6.07, 6.45) is 1.53. The lowest BCUT2D eigenvalue weighted by Gasteiger charge is -2.42. The molecule has 4 rings (SSSR count). The van der Waals surface area contributed by atoms with Crippen molar-refractivity contribution in [3.8, 4) is 5.75 Å². The van der Waals surface area contributed by atoms with Crippen LogP contribution in [0, 0.1) is 5.92 Å². The van der Waals surface area contributed by atoms with Gasteiger partial charge in [0.05, 0.1) is 25.3 Å². The second kappa shape index (κ2) is 13.9. The number of alkyl carbamates (subject to hydrolysis) is 1. The third-order valence-corrected chi connectivity index (χ3v) is 9.70. The maximum atomic E-state index is 13.9. The van der Waals surface area contributed by atoms with E-state index in [1.165, 1.54) is 19.1 Å². The van der Waals surface area contributed by atoms with Gasteiger partial charge in [0.1, 0.15) is 40.7 Å². The number of allylic oxidation sites excluding steroid dienone is 3. The third-order valence-electron chi connectivity index (χ3n) is 9.32. The van der Waals surface area contributed by atoms with Crippen LogP contribution in [0.3, 0.4) is 0 Å². The van der Waals surface area contributed by atoms with E-state index in [0.29, 0.717) is 17.9 Å². The highest BCUT2D eigenvalue weighted by molar-refractivity contribution is 6.35. The Balaban J connectivity index is 1.80. The molecule has 2 fully saturated rings. The van der Waals surface area contributed by atoms with Gasteiger partial charge in [0.15, 0.2) is 5.72 Å². The first-order valence-corrected chi connectivity index (χ1v) is 15.7. The Morgan fingerprint density at radius 1 is 1.26 bits per heavy atom. The highest BCUT2D eigenvalue weighted by Crippen LogP contribution is 2.49. The predicted octanol–water partition coefficient (Wildman–Crippen LogP) is 3.62. The number of likely N-dealkylation sites (N-methyl/N-ethyl adjacent to an activating group) is 1. The van der Waals surface area contributed by atoms with E-state index in [0.717, 1.165) is 11.1 Å². The number of esters is 1. The van der Waals surface area contributed by atoms with Gasteiger partial charge in [0.25, 0.3) is 0 Å². The number of carbonyl (C=O) groups is 3. The lowest BCUT2D eigenvalue weighted by molar-refractivity contribution is -0.158. The number of benzene rings is 1. The summed E-state index contributed by atoms with van der Waals surface area (Å²) in [6, 6.07) is 3.04. The maximum absolute atomic E-state index is 13.9. The number of hydrogen-bond donors (Lipinski definition) is 2. The van der Waals surface area contributed by atoms with Crippen molar-refractivity contribution in [2.24, 2.45) is 5.92 Å². The van der Waals surface area contributed by atoms with Crippen LogP contribution in [0.4, 0.5) is 10.5 Å². The van der Waals surface area contributed by atoms with Crippen LogP contribution in [0.15, 0.2) is 35.9 Å². The molecule has 13 heteroatoms. The van der Waals surface area contributed by atoms with Crippen LogP contribution in [0.5, 0.6) is 5.75 Å². The summed E-state index contributed by atoms with van der Waals surface area (Å²) in [6.45, 7) is 7.25. The highest BCUT2D eigenvalue weighted by atomic mass is 35.5. The zero-order valence-electron chi connectivity index (χ0n) is 28.0. The number of epoxide rings is 1. The number of halogens is 1. The van der Waals surface area contributed by atoms with Gasteiger partial charge in [-0.2, -0.15) is 0 Å². The summed E-state index contributed by atoms with van der Waals surface area (Å²) >= 11 is 6.71. The quantitative estimate of drug-likeness (QED) is 0.355. The molecule has 0 aliphatic carbocycles. The number of nitrogens with zero attached hydrogens (tertiary/aromatic N) is 2. The molecule has 0 radical (unpaired) electrons. The molecule has 2 unspecified atom stereocenters. The van der Waals surface area contributed by atoms with Crippen LogP contribution in [0.2, 0.25) is 5.02 Å². The molecule has 46 heavy (non-hydrogen) atoms. The van der Waals surface area contributed by atoms with Crippen molar-refractivity contribution in [3.05, 3.63) is 46.5 Å². The van der Waals surface area contributed by atoms with Gasteiger partial charge in [-0.1, -0.05) is 42.3 Å². The van der Waals surface area contributed by atoms with E-state index in [4.69, 9.17) is 35.3 Å². The van der Waals surface area contributed by atoms with Crippen molar-refractivity contribution >= 4 is 35.3 Å². The van der Waals surface area contributed by atoms with Gasteiger partial charge < -0.3 is 33.7 Å². The minimum atomic E-state index is -1.78. The molecule has 8 atom stereocenters. The topological polar surface area (TPSA) is 139 Å². The molecule has 2 N–H and O–H groups in total. The molecule has 254 valence electrons. The van der Waals surface area contributed by atoms with Gasteiger partial charge in [-0.3, -0.25) is 19.8 Å². The molecule has 2 amide bonds. The molecule has 0 spiro atoms. The number of rotatable bonds is 5. The number of carbonyl (C=O) groups excluding carboxylic acids is 3. The van der Waals surface area contributed by atoms with Crippen molar-refractivity contribution in [2.75, 3.05) is 40.3 Å². The van der Waals surface area contributed by atoms with Gasteiger partial charge in [-0.25, -0.2) is 4.79 Å². The zero-order chi connectivity index (χ0) is 34.1. The van der Waals surface area contributed by atoms with Crippen molar-refractivity contribution in [1.29, 1.82) is 0 Å². The Labute approximate surface area is 275 Å². The van der Waals surface area contributed by atoms with E-state index in [1.54, 1.807) is 52.0 Å². The molecular formula is C33H46ClN3O9. The molecule has 3 aliphatic heterocycles. The number of hydrogen-bond acceptors (Lipinski definition) is 10. The molecule has 2 saturated heterocycles. The van der Waals surface area contributed by atoms with Crippen LogP contribution in [0.25, 0.3) is 0 Å². The SMILES string of the molecule is COc1cc2cc(c1Cl)N(C)C(=O)C[C@H](OC(=O)[C@H](C)N(C)C)[C@]1(C)O[C@H]1[C@H](C)C1C[C@@](O)(NC(=O)O1)C(OC)/C=C/C=C(\C)C2. The second-order valence-corrected chi connectivity index (χ2v) is 13.2. The van der Waals surface area contributed by atoms with Crippen LogP contribution in [-0.2, 0) is 35.0 Å². The van der Waals surface area contributed by atoms with Crippen molar-refractivity contribution in [3.63, 3.8) is 0 Å². The van der Waals surface area contributed by atoms with E-state index < -0.39 is 59.8 Å². The Bertz CT molecular complexity index is 1400. The monoisotopic (exact) mass is 663 g/mol. The number of nitrogens with one attached hydrogen (secondary N) is 1. The van der Waals surface area contributed by atoms with Gasteiger partial charge in [-0.15, -0.1) is 0 Å². The Kier molecular flexibility index (Phi) is 10.8. The van der Waals surface area contributed by atoms with Crippen molar-refractivity contribution in [2.45, 2.75) is 88.7 Å². The zero-order valence-corrected chi connectivity index (χ0v) is 28.7. The van der Waals surface area contributed by atoms with E-state index in [1.807, 2.05) is 32.1 Å². The number of fused-ring (bicyclic) bond motifs is 5. The average Bonchev–Trinajstić information content (AvgIpc) is 3.69. The van der Waals surface area contributed by atoms with Crippen LogP contribution < -0.4 is 15.0 Å². The maximum Gasteiger partial charge on any atom is 0.409 e. The third kappa shape index (κ3) is 7.36. The molecule has 1 aromatic rings. The van der Waals surface area contributed by atoms with Crippen molar-refractivity contribution in [1.82, 2.24) is 10.2 Å². The standard InChI is InChI=1S/C33H46ClN3O9/c1-18-11-10-12-25(43-9)33(41)17-24(44-31(40)35-33)19(2)29-32(4,46-29)26(45-30(39)20(3)36(5)6)16-27(38)37(7)22-14-21(13-18)15-23(42-8)28(22)34/h10-12,14-15,19-20,24-26,29,41H,13,16-17H2,1-9H3,(H,35,40)/b12-10+,18-11+/t19-,20+,24?,25?,26+,29+,32+,33+/m1/s1. The molecule has 3 heterocycles. The van der Waals surface area contributed by atoms with E-state index in [2.05, 4.69) is 5.32 Å². The number of anilines is 1. The fourth-order valence-electron chi connectivity index (χ4n) is 6.05. The first kappa shape index (κ1) is 35.7. The van der Waals surface area contributed by atoms with E-state index in [-0.39, 0.29) is 23.8 Å². The lowest BCUT2D eigenvalue weighted by atomic mass is 9.83. The molecule has 12 nitrogen and oxygen atoms in total. The Morgan fingerprint density at radius 2 is 1.96 bits per heavy atom. The van der Waals surface area contributed by atoms with E-state index in [9.17, 15) is 19.5 Å². The van der Waals surface area contributed by atoms with Crippen molar-refractivity contribution < 1.29 is 43.2 Å². The summed E-state index contributed by atoms with van der Waals surface area (Å²) in [5, 5.41) is 14.4. The van der Waals surface area contributed by atoms with Gasteiger partial charge in [0.2, 0.25) is 5.91 Å².